The molecule has 232 valence electrons. The smallest absolute Gasteiger partial charge is 0.331 e. The zero-order chi connectivity index (χ0) is 29.7. The van der Waals surface area contributed by atoms with Gasteiger partial charge in [-0.25, -0.2) is 4.79 Å². The van der Waals surface area contributed by atoms with E-state index in [-0.39, 0.29) is 17.5 Å². The maximum Gasteiger partial charge on any atom is 0.331 e. The van der Waals surface area contributed by atoms with Gasteiger partial charge in [0.25, 0.3) is 0 Å². The first-order chi connectivity index (χ1) is 20.3. The highest BCUT2D eigenvalue weighted by Gasteiger charge is 2.58. The highest BCUT2D eigenvalue weighted by molar-refractivity contribution is 5.87. The van der Waals surface area contributed by atoms with Crippen LogP contribution in [0.2, 0.25) is 0 Å². The number of allylic oxidation sites excluding steroid dienone is 1. The maximum absolute atomic E-state index is 12.8. The molecule has 1 aromatic carbocycles. The summed E-state index contributed by atoms with van der Waals surface area (Å²) in [5.41, 5.74) is 3.29. The van der Waals surface area contributed by atoms with Crippen molar-refractivity contribution in [3.05, 3.63) is 41.5 Å². The normalized spacial score (nSPS) is 33.8. The Balaban J connectivity index is 1.16. The summed E-state index contributed by atoms with van der Waals surface area (Å²) in [5.74, 6) is 4.54. The van der Waals surface area contributed by atoms with E-state index < -0.39 is 0 Å². The van der Waals surface area contributed by atoms with Gasteiger partial charge < -0.3 is 14.2 Å². The molecule has 0 spiro atoms. The lowest BCUT2D eigenvalue weighted by Gasteiger charge is -2.58. The van der Waals surface area contributed by atoms with Crippen molar-refractivity contribution in [3.63, 3.8) is 0 Å². The summed E-state index contributed by atoms with van der Waals surface area (Å²) in [5, 5.41) is 0. The number of benzene rings is 1. The van der Waals surface area contributed by atoms with Crippen LogP contribution in [0.4, 0.5) is 0 Å². The van der Waals surface area contributed by atoms with E-state index in [2.05, 4.69) is 26.8 Å². The summed E-state index contributed by atoms with van der Waals surface area (Å²) in [7, 11) is 3.24. The first-order valence-corrected chi connectivity index (χ1v) is 17.1. The lowest BCUT2D eigenvalue weighted by molar-refractivity contribution is -0.145. The van der Waals surface area contributed by atoms with E-state index in [1.807, 2.05) is 18.2 Å². The molecule has 0 unspecified atom stereocenters. The zero-order valence-electron chi connectivity index (χ0n) is 27.1. The Kier molecular flexibility index (Phi) is 10.1. The van der Waals surface area contributed by atoms with Crippen LogP contribution in [0.5, 0.6) is 11.5 Å². The summed E-state index contributed by atoms with van der Waals surface area (Å²) >= 11 is 0. The molecule has 42 heavy (non-hydrogen) atoms. The number of ether oxygens (including phenoxy) is 3. The second-order valence-corrected chi connectivity index (χ2v) is 14.4. The van der Waals surface area contributed by atoms with Gasteiger partial charge in [0.15, 0.2) is 11.5 Å². The molecule has 0 amide bonds. The van der Waals surface area contributed by atoms with Gasteiger partial charge in [-0.1, -0.05) is 77.0 Å². The fourth-order valence-corrected chi connectivity index (χ4v) is 9.81. The maximum atomic E-state index is 12.8. The number of hydrogen-bond acceptors (Lipinski definition) is 4. The molecule has 4 heteroatoms. The summed E-state index contributed by atoms with van der Waals surface area (Å²) in [4.78, 5) is 12.8. The Bertz CT molecular complexity index is 1140. The van der Waals surface area contributed by atoms with Crippen molar-refractivity contribution in [2.45, 2.75) is 123 Å². The fraction of sp³-hybridized carbons (Fsp3) is 0.711. The van der Waals surface area contributed by atoms with Crippen molar-refractivity contribution < 1.29 is 19.0 Å². The molecule has 4 aliphatic rings. The number of fused-ring (bicyclic) bond motifs is 5. The molecule has 1 aromatic rings. The number of methoxy groups -OCH3 is 2. The number of carbonyl (C=O) groups excluding carboxylic acids is 1. The number of esters is 1. The van der Waals surface area contributed by atoms with Crippen LogP contribution in [0, 0.1) is 34.5 Å². The third kappa shape index (κ3) is 6.34. The van der Waals surface area contributed by atoms with Crippen LogP contribution < -0.4 is 9.47 Å². The molecule has 0 N–H and O–H groups in total. The van der Waals surface area contributed by atoms with Gasteiger partial charge in [-0.05, 0) is 110 Å². The quantitative estimate of drug-likeness (QED) is 0.107. The van der Waals surface area contributed by atoms with Gasteiger partial charge in [-0.3, -0.25) is 0 Å². The van der Waals surface area contributed by atoms with Gasteiger partial charge in [-0.2, -0.15) is 0 Å². The van der Waals surface area contributed by atoms with Gasteiger partial charge >= 0.3 is 5.97 Å². The van der Waals surface area contributed by atoms with Crippen LogP contribution in [0.3, 0.4) is 0 Å². The lowest BCUT2D eigenvalue weighted by Crippen LogP contribution is -2.50. The Hall–Kier alpha value is -2.23. The third-order valence-corrected chi connectivity index (χ3v) is 12.3. The molecule has 0 heterocycles. The minimum Gasteiger partial charge on any atom is -0.493 e. The van der Waals surface area contributed by atoms with Crippen LogP contribution in [0.1, 0.15) is 123 Å². The van der Waals surface area contributed by atoms with Crippen molar-refractivity contribution in [2.75, 3.05) is 14.2 Å². The topological polar surface area (TPSA) is 44.8 Å². The van der Waals surface area contributed by atoms with Crippen LogP contribution in [-0.2, 0) is 9.53 Å². The molecule has 0 bridgehead atoms. The Morgan fingerprint density at radius 2 is 1.71 bits per heavy atom. The van der Waals surface area contributed by atoms with Crippen molar-refractivity contribution >= 4 is 12.0 Å². The molecule has 5 rings (SSSR count). The van der Waals surface area contributed by atoms with E-state index in [1.165, 1.54) is 77.0 Å². The third-order valence-electron chi connectivity index (χ3n) is 12.3. The first-order valence-electron chi connectivity index (χ1n) is 17.1. The van der Waals surface area contributed by atoms with E-state index in [0.717, 1.165) is 48.5 Å². The second kappa shape index (κ2) is 13.6. The highest BCUT2D eigenvalue weighted by atomic mass is 16.5. The number of unbranched alkanes of at least 4 members (excludes halogenated alkanes) is 5. The summed E-state index contributed by atoms with van der Waals surface area (Å²) in [6.07, 6.45) is 25.8. The summed E-state index contributed by atoms with van der Waals surface area (Å²) in [6.45, 7) is 7.54. The minimum absolute atomic E-state index is 0.0227. The molecule has 0 radical (unpaired) electrons. The molecule has 0 aliphatic heterocycles. The molecule has 4 nitrogen and oxygen atoms in total. The molecular formula is C38H56O4. The molecule has 3 saturated carbocycles. The van der Waals surface area contributed by atoms with E-state index in [9.17, 15) is 4.79 Å². The van der Waals surface area contributed by atoms with E-state index in [1.54, 1.807) is 31.9 Å². The summed E-state index contributed by atoms with van der Waals surface area (Å²) < 4.78 is 16.7. The Morgan fingerprint density at radius 1 is 0.929 bits per heavy atom. The van der Waals surface area contributed by atoms with E-state index in [0.29, 0.717) is 16.9 Å². The number of hydrogen-bond donors (Lipinski definition) is 0. The highest BCUT2D eigenvalue weighted by Crippen LogP contribution is 2.66. The minimum atomic E-state index is -0.261. The largest absolute Gasteiger partial charge is 0.493 e. The Morgan fingerprint density at radius 3 is 2.50 bits per heavy atom. The molecule has 0 saturated heterocycles. The molecule has 7 atom stereocenters. The van der Waals surface area contributed by atoms with Gasteiger partial charge in [0, 0.05) is 12.5 Å². The van der Waals surface area contributed by atoms with E-state index >= 15 is 0 Å². The monoisotopic (exact) mass is 576 g/mol. The number of rotatable bonds is 12. The van der Waals surface area contributed by atoms with Crippen molar-refractivity contribution in [2.24, 2.45) is 34.5 Å². The zero-order valence-corrected chi connectivity index (χ0v) is 27.1. The van der Waals surface area contributed by atoms with Gasteiger partial charge in [-0.15, -0.1) is 0 Å². The summed E-state index contributed by atoms with van der Waals surface area (Å²) in [6, 6.07) is 5.63. The van der Waals surface area contributed by atoms with E-state index in [4.69, 9.17) is 14.2 Å². The Labute approximate surface area is 255 Å². The molecule has 0 aromatic heterocycles. The van der Waals surface area contributed by atoms with Gasteiger partial charge in [0.05, 0.1) is 14.2 Å². The predicted molar refractivity (Wildman–Crippen MR) is 172 cm³/mol. The predicted octanol–water partition coefficient (Wildman–Crippen LogP) is 9.96. The van der Waals surface area contributed by atoms with Crippen molar-refractivity contribution in [1.29, 1.82) is 0 Å². The molecule has 4 aliphatic carbocycles. The molecule has 3 fully saturated rings. The van der Waals surface area contributed by atoms with Crippen molar-refractivity contribution in [1.82, 2.24) is 0 Å². The molecular weight excluding hydrogens is 520 g/mol. The second-order valence-electron chi connectivity index (χ2n) is 14.4. The first kappa shape index (κ1) is 31.2. The SMILES string of the molecule is CCCCCCCC[C@H]1CC[C@H]2[C@H]3CC=C4C[C@@H](OC(=O)C=Cc5ccc(OC)c(OC)c5)CC[C@]4(C)[C@H]3CC[C@]12C. The standard InChI is InChI=1S/C38H56O4/c1-6-7-8-9-10-11-12-28-16-18-32-31-17-15-29-26-30(21-23-38(29,3)33(31)22-24-37(28,32)2)42-36(39)20-14-27-13-19-34(40-4)35(25-27)41-5/h13-15,19-20,25,28,30-33H,6-12,16-18,21-24,26H2,1-5H3/t28-,30-,31+,32-,33-,37+,38-/m0/s1. The van der Waals surface area contributed by atoms with Gasteiger partial charge in [0.1, 0.15) is 6.10 Å². The lowest BCUT2D eigenvalue weighted by atomic mass is 9.47. The van der Waals surface area contributed by atoms with Crippen LogP contribution in [0.25, 0.3) is 6.08 Å². The van der Waals surface area contributed by atoms with Crippen LogP contribution in [-0.4, -0.2) is 26.3 Å². The van der Waals surface area contributed by atoms with Crippen molar-refractivity contribution in [3.8, 4) is 11.5 Å². The van der Waals surface area contributed by atoms with Crippen LogP contribution >= 0.6 is 0 Å². The van der Waals surface area contributed by atoms with Gasteiger partial charge in [0.2, 0.25) is 0 Å². The fourth-order valence-electron chi connectivity index (χ4n) is 9.81. The average molecular weight is 577 g/mol. The number of carbonyl (C=O) groups is 1. The average Bonchev–Trinajstić information content (AvgIpc) is 3.33. The van der Waals surface area contributed by atoms with Crippen LogP contribution in [0.15, 0.2) is 35.9 Å².